The summed E-state index contributed by atoms with van der Waals surface area (Å²) >= 11 is 5.91. The maximum absolute atomic E-state index is 13.4. The van der Waals surface area contributed by atoms with E-state index in [1.165, 1.54) is 6.20 Å². The van der Waals surface area contributed by atoms with Crippen LogP contribution in [-0.4, -0.2) is 29.2 Å². The number of halogens is 1. The van der Waals surface area contributed by atoms with Crippen LogP contribution in [0.1, 0.15) is 70.9 Å². The molecule has 1 aliphatic carbocycles. The zero-order valence-electron chi connectivity index (χ0n) is 23.1. The van der Waals surface area contributed by atoms with Crippen molar-refractivity contribution in [1.82, 2.24) is 4.98 Å². The Hall–Kier alpha value is -3.39. The first kappa shape index (κ1) is 28.6. The van der Waals surface area contributed by atoms with Crippen molar-refractivity contribution in [1.29, 1.82) is 0 Å². The van der Waals surface area contributed by atoms with Crippen LogP contribution in [0.2, 0.25) is 5.02 Å². The highest BCUT2D eigenvalue weighted by Crippen LogP contribution is 2.37. The SMILES string of the molecule is CC(C)C1CCC(C(=O)Nc2c(C(=O)Nc3ccc(Cl)cn3)oc3ccc(OCC(=O)C(C)(C)C)cc23)CC1. The van der Waals surface area contributed by atoms with E-state index in [-0.39, 0.29) is 35.7 Å². The number of anilines is 2. The number of rotatable bonds is 8. The summed E-state index contributed by atoms with van der Waals surface area (Å²) in [6.07, 6.45) is 5.01. The van der Waals surface area contributed by atoms with Crippen LogP contribution in [0, 0.1) is 23.2 Å². The summed E-state index contributed by atoms with van der Waals surface area (Å²) in [5, 5.41) is 6.63. The molecule has 1 aromatic carbocycles. The number of amides is 2. The van der Waals surface area contributed by atoms with E-state index in [4.69, 9.17) is 20.8 Å². The summed E-state index contributed by atoms with van der Waals surface area (Å²) in [6, 6.07) is 8.20. The Kier molecular flexibility index (Phi) is 8.64. The molecular weight excluding hydrogens is 518 g/mol. The zero-order chi connectivity index (χ0) is 28.3. The summed E-state index contributed by atoms with van der Waals surface area (Å²) < 4.78 is 11.7. The zero-order valence-corrected chi connectivity index (χ0v) is 23.9. The van der Waals surface area contributed by atoms with Crippen molar-refractivity contribution in [2.24, 2.45) is 23.2 Å². The van der Waals surface area contributed by atoms with Gasteiger partial charge in [0.2, 0.25) is 11.7 Å². The Balaban J connectivity index is 1.62. The minimum Gasteiger partial charge on any atom is -0.486 e. The fraction of sp³-hybridized carbons (Fsp3) is 0.467. The number of ether oxygens (including phenoxy) is 1. The standard InChI is InChI=1S/C30H36ClN3O5/c1-17(2)18-6-8-19(9-7-18)28(36)34-26-22-14-21(38-16-24(35)30(3,4)5)11-12-23(22)39-27(26)29(37)33-25-13-10-20(31)15-32-25/h10-15,17-19H,6-9,16H2,1-5H3,(H,34,36)(H,32,33,37). The van der Waals surface area contributed by atoms with Crippen LogP contribution in [-0.2, 0) is 9.59 Å². The highest BCUT2D eigenvalue weighted by atomic mass is 35.5. The van der Waals surface area contributed by atoms with Gasteiger partial charge in [0, 0.05) is 22.9 Å². The molecule has 39 heavy (non-hydrogen) atoms. The minimum atomic E-state index is -0.565. The summed E-state index contributed by atoms with van der Waals surface area (Å²) in [7, 11) is 0. The van der Waals surface area contributed by atoms with Gasteiger partial charge in [0.1, 0.15) is 29.4 Å². The molecule has 8 nitrogen and oxygen atoms in total. The molecule has 0 saturated heterocycles. The molecule has 1 fully saturated rings. The van der Waals surface area contributed by atoms with Crippen molar-refractivity contribution in [2.45, 2.75) is 60.3 Å². The smallest absolute Gasteiger partial charge is 0.294 e. The Morgan fingerprint density at radius 3 is 2.41 bits per heavy atom. The number of nitrogens with zero attached hydrogens (tertiary/aromatic N) is 1. The first-order chi connectivity index (χ1) is 18.4. The molecule has 0 spiro atoms. The lowest BCUT2D eigenvalue weighted by Gasteiger charge is -2.30. The highest BCUT2D eigenvalue weighted by molar-refractivity contribution is 6.30. The van der Waals surface area contributed by atoms with E-state index < -0.39 is 11.3 Å². The van der Waals surface area contributed by atoms with Crippen molar-refractivity contribution in [3.63, 3.8) is 0 Å². The number of fused-ring (bicyclic) bond motifs is 1. The van der Waals surface area contributed by atoms with E-state index in [0.717, 1.165) is 25.7 Å². The number of ketones is 1. The molecule has 3 aromatic rings. The lowest BCUT2D eigenvalue weighted by atomic mass is 9.76. The third-order valence-electron chi connectivity index (χ3n) is 7.37. The first-order valence-electron chi connectivity index (χ1n) is 13.4. The van der Waals surface area contributed by atoms with Crippen molar-refractivity contribution >= 4 is 51.7 Å². The normalized spacial score (nSPS) is 17.7. The van der Waals surface area contributed by atoms with E-state index in [9.17, 15) is 14.4 Å². The molecule has 0 unspecified atom stereocenters. The third kappa shape index (κ3) is 6.98. The van der Waals surface area contributed by atoms with Crippen LogP contribution in [0.25, 0.3) is 11.0 Å². The van der Waals surface area contributed by atoms with Crippen molar-refractivity contribution in [3.05, 3.63) is 47.3 Å². The molecule has 2 aromatic heterocycles. The second-order valence-corrected chi connectivity index (χ2v) is 12.0. The van der Waals surface area contributed by atoms with E-state index in [1.807, 2.05) is 20.8 Å². The number of benzene rings is 1. The van der Waals surface area contributed by atoms with Gasteiger partial charge in [-0.15, -0.1) is 0 Å². The Labute approximate surface area is 233 Å². The number of hydrogen-bond acceptors (Lipinski definition) is 6. The van der Waals surface area contributed by atoms with Gasteiger partial charge in [0.25, 0.3) is 5.91 Å². The molecule has 208 valence electrons. The van der Waals surface area contributed by atoms with Gasteiger partial charge in [-0.2, -0.15) is 0 Å². The van der Waals surface area contributed by atoms with Crippen LogP contribution in [0.4, 0.5) is 11.5 Å². The number of carbonyl (C=O) groups excluding carboxylic acids is 3. The van der Waals surface area contributed by atoms with Gasteiger partial charge in [-0.25, -0.2) is 4.98 Å². The van der Waals surface area contributed by atoms with Gasteiger partial charge in [0.05, 0.1) is 5.02 Å². The number of aromatic nitrogens is 1. The predicted octanol–water partition coefficient (Wildman–Crippen LogP) is 7.13. The monoisotopic (exact) mass is 553 g/mol. The predicted molar refractivity (Wildman–Crippen MR) is 152 cm³/mol. The molecule has 0 aliphatic heterocycles. The second kappa shape index (κ2) is 11.8. The molecule has 2 heterocycles. The average Bonchev–Trinajstić information content (AvgIpc) is 3.25. The van der Waals surface area contributed by atoms with E-state index in [0.29, 0.717) is 39.4 Å². The van der Waals surface area contributed by atoms with E-state index in [1.54, 1.807) is 30.3 Å². The molecule has 0 radical (unpaired) electrons. The fourth-order valence-corrected chi connectivity index (χ4v) is 4.82. The highest BCUT2D eigenvalue weighted by Gasteiger charge is 2.30. The maximum atomic E-state index is 13.4. The van der Waals surface area contributed by atoms with Gasteiger partial charge in [-0.05, 0) is 67.9 Å². The lowest BCUT2D eigenvalue weighted by molar-refractivity contribution is -0.128. The molecule has 2 amide bonds. The fourth-order valence-electron chi connectivity index (χ4n) is 4.71. The van der Waals surface area contributed by atoms with Gasteiger partial charge >= 0.3 is 0 Å². The van der Waals surface area contributed by atoms with Gasteiger partial charge in [-0.3, -0.25) is 14.4 Å². The van der Waals surface area contributed by atoms with Crippen LogP contribution in [0.15, 0.2) is 40.9 Å². The summed E-state index contributed by atoms with van der Waals surface area (Å²) in [5.74, 6) is 0.976. The maximum Gasteiger partial charge on any atom is 0.294 e. The summed E-state index contributed by atoms with van der Waals surface area (Å²) in [6.45, 7) is 9.85. The molecule has 4 rings (SSSR count). The van der Waals surface area contributed by atoms with Gasteiger partial charge in [0.15, 0.2) is 5.78 Å². The Bertz CT molecular complexity index is 1350. The number of hydrogen-bond donors (Lipinski definition) is 2. The van der Waals surface area contributed by atoms with E-state index in [2.05, 4.69) is 29.5 Å². The summed E-state index contributed by atoms with van der Waals surface area (Å²) in [5.41, 5.74) is 0.131. The van der Waals surface area contributed by atoms with E-state index >= 15 is 0 Å². The summed E-state index contributed by atoms with van der Waals surface area (Å²) in [4.78, 5) is 43.1. The molecule has 0 bridgehead atoms. The lowest BCUT2D eigenvalue weighted by Crippen LogP contribution is -2.29. The molecule has 2 N–H and O–H groups in total. The van der Waals surface area contributed by atoms with Crippen LogP contribution >= 0.6 is 11.6 Å². The largest absolute Gasteiger partial charge is 0.486 e. The van der Waals surface area contributed by atoms with Gasteiger partial charge < -0.3 is 19.8 Å². The number of furan rings is 1. The number of nitrogens with one attached hydrogen (secondary N) is 2. The Morgan fingerprint density at radius 1 is 1.08 bits per heavy atom. The van der Waals surface area contributed by atoms with Crippen LogP contribution in [0.5, 0.6) is 5.75 Å². The molecule has 0 atom stereocenters. The van der Waals surface area contributed by atoms with Crippen LogP contribution < -0.4 is 15.4 Å². The first-order valence-corrected chi connectivity index (χ1v) is 13.8. The van der Waals surface area contributed by atoms with Crippen molar-refractivity contribution in [2.75, 3.05) is 17.2 Å². The average molecular weight is 554 g/mol. The minimum absolute atomic E-state index is 0.0455. The number of carbonyl (C=O) groups is 3. The molecular formula is C30H36ClN3O5. The number of Topliss-reactive ketones (excluding diaryl/α,β-unsaturated/α-hetero) is 1. The molecule has 1 aliphatic rings. The van der Waals surface area contributed by atoms with Crippen LogP contribution in [0.3, 0.4) is 0 Å². The third-order valence-corrected chi connectivity index (χ3v) is 7.60. The molecule has 1 saturated carbocycles. The quantitative estimate of drug-likeness (QED) is 0.307. The van der Waals surface area contributed by atoms with Crippen molar-refractivity contribution in [3.8, 4) is 5.75 Å². The number of pyridine rings is 1. The molecule has 9 heteroatoms. The van der Waals surface area contributed by atoms with Crippen molar-refractivity contribution < 1.29 is 23.5 Å². The topological polar surface area (TPSA) is 111 Å². The second-order valence-electron chi connectivity index (χ2n) is 11.6. The van der Waals surface area contributed by atoms with Gasteiger partial charge in [-0.1, -0.05) is 46.2 Å². The Morgan fingerprint density at radius 2 is 1.79 bits per heavy atom.